The molecule has 1 saturated carbocycles. The zero-order valence-corrected chi connectivity index (χ0v) is 10.6. The smallest absolute Gasteiger partial charge is 0.104 e. The quantitative estimate of drug-likeness (QED) is 0.729. The topological polar surface area (TPSA) is 23.5 Å². The summed E-state index contributed by atoms with van der Waals surface area (Å²) in [7, 11) is 2.07. The molecule has 1 N–H and O–H groups in total. The molecule has 2 heteroatoms. The van der Waals surface area contributed by atoms with E-state index in [1.54, 1.807) is 0 Å². The highest BCUT2D eigenvalue weighted by Gasteiger charge is 2.26. The molecule has 0 heterocycles. The fourth-order valence-electron chi connectivity index (χ4n) is 2.83. The maximum Gasteiger partial charge on any atom is 0.104 e. The van der Waals surface area contributed by atoms with Gasteiger partial charge >= 0.3 is 0 Å². The lowest BCUT2D eigenvalue weighted by Gasteiger charge is -2.37. The van der Waals surface area contributed by atoms with Crippen LogP contribution in [0.2, 0.25) is 0 Å². The van der Waals surface area contributed by atoms with E-state index < -0.39 is 0 Å². The molecule has 0 radical (unpaired) electrons. The van der Waals surface area contributed by atoms with Gasteiger partial charge in [0, 0.05) is 6.04 Å². The maximum absolute atomic E-state index is 9.67. The molecule has 3 atom stereocenters. The molecule has 1 rings (SSSR count). The van der Waals surface area contributed by atoms with E-state index in [4.69, 9.17) is 0 Å². The maximum atomic E-state index is 9.67. The van der Waals surface area contributed by atoms with Gasteiger partial charge in [-0.1, -0.05) is 39.0 Å². The van der Waals surface area contributed by atoms with Crippen LogP contribution in [-0.2, 0) is 0 Å². The van der Waals surface area contributed by atoms with Gasteiger partial charge in [0.05, 0.1) is 0 Å². The van der Waals surface area contributed by atoms with Crippen molar-refractivity contribution in [1.82, 2.24) is 4.90 Å². The van der Waals surface area contributed by atoms with Crippen LogP contribution >= 0.6 is 0 Å². The van der Waals surface area contributed by atoms with Crippen molar-refractivity contribution < 1.29 is 5.11 Å². The van der Waals surface area contributed by atoms with Crippen LogP contribution in [0, 0.1) is 5.92 Å². The van der Waals surface area contributed by atoms with Crippen molar-refractivity contribution >= 4 is 0 Å². The van der Waals surface area contributed by atoms with E-state index in [1.807, 2.05) is 6.92 Å². The molecule has 3 unspecified atom stereocenters. The molecule has 0 aromatic carbocycles. The van der Waals surface area contributed by atoms with Crippen LogP contribution in [0.1, 0.15) is 58.8 Å². The second kappa shape index (κ2) is 6.49. The molecule has 1 aliphatic carbocycles. The van der Waals surface area contributed by atoms with Crippen molar-refractivity contribution in [3.8, 4) is 0 Å². The Kier molecular flexibility index (Phi) is 5.62. The Hall–Kier alpha value is -0.0800. The molecule has 2 nitrogen and oxygen atoms in total. The first kappa shape index (κ1) is 13.0. The molecule has 0 aromatic rings. The number of nitrogens with zero attached hydrogens (tertiary/aromatic N) is 1. The van der Waals surface area contributed by atoms with Gasteiger partial charge in [-0.2, -0.15) is 0 Å². The average Bonchev–Trinajstić information content (AvgIpc) is 2.17. The van der Waals surface area contributed by atoms with Gasteiger partial charge < -0.3 is 5.11 Å². The first-order valence-electron chi connectivity index (χ1n) is 6.56. The molecule has 0 spiro atoms. The fourth-order valence-corrected chi connectivity index (χ4v) is 2.83. The highest BCUT2D eigenvalue weighted by molar-refractivity contribution is 4.79. The number of hydrogen-bond donors (Lipinski definition) is 1. The van der Waals surface area contributed by atoms with Crippen molar-refractivity contribution in [2.45, 2.75) is 71.1 Å². The standard InChI is InChI=1S/C13H27NO/c1-4-12-9-7-5-6-8-10-13(12)14(3)11(2)15/h11-13,15H,4-10H2,1-3H3. The van der Waals surface area contributed by atoms with Crippen LogP contribution in [0.4, 0.5) is 0 Å². The minimum Gasteiger partial charge on any atom is -0.379 e. The van der Waals surface area contributed by atoms with Crippen molar-refractivity contribution in [3.63, 3.8) is 0 Å². The summed E-state index contributed by atoms with van der Waals surface area (Å²) in [5.74, 6) is 0.782. The Balaban J connectivity index is 2.60. The summed E-state index contributed by atoms with van der Waals surface area (Å²) in [6.07, 6.45) is 9.05. The Morgan fingerprint density at radius 3 is 2.33 bits per heavy atom. The van der Waals surface area contributed by atoms with Gasteiger partial charge in [0.1, 0.15) is 6.23 Å². The van der Waals surface area contributed by atoms with Gasteiger partial charge in [0.25, 0.3) is 0 Å². The van der Waals surface area contributed by atoms with Crippen molar-refractivity contribution in [2.24, 2.45) is 5.92 Å². The van der Waals surface area contributed by atoms with E-state index in [0.29, 0.717) is 6.04 Å². The highest BCUT2D eigenvalue weighted by atomic mass is 16.3. The van der Waals surface area contributed by atoms with E-state index >= 15 is 0 Å². The Labute approximate surface area is 94.7 Å². The molecule has 15 heavy (non-hydrogen) atoms. The van der Waals surface area contributed by atoms with Crippen LogP contribution in [0.5, 0.6) is 0 Å². The van der Waals surface area contributed by atoms with Gasteiger partial charge in [-0.15, -0.1) is 0 Å². The Morgan fingerprint density at radius 1 is 1.20 bits per heavy atom. The first-order chi connectivity index (χ1) is 7.16. The monoisotopic (exact) mass is 213 g/mol. The normalized spacial score (nSPS) is 31.0. The van der Waals surface area contributed by atoms with E-state index in [0.717, 1.165) is 5.92 Å². The summed E-state index contributed by atoms with van der Waals surface area (Å²) in [6.45, 7) is 4.17. The third-order valence-electron chi connectivity index (χ3n) is 4.01. The summed E-state index contributed by atoms with van der Waals surface area (Å²) < 4.78 is 0. The predicted octanol–water partition coefficient (Wildman–Crippen LogP) is 3.01. The van der Waals surface area contributed by atoms with E-state index in [-0.39, 0.29) is 6.23 Å². The molecular weight excluding hydrogens is 186 g/mol. The van der Waals surface area contributed by atoms with Crippen molar-refractivity contribution in [3.05, 3.63) is 0 Å². The molecule has 0 bridgehead atoms. The Bertz CT molecular complexity index is 170. The van der Waals surface area contributed by atoms with Crippen LogP contribution < -0.4 is 0 Å². The number of aliphatic hydroxyl groups is 1. The highest BCUT2D eigenvalue weighted by Crippen LogP contribution is 2.28. The van der Waals surface area contributed by atoms with Gasteiger partial charge in [0.2, 0.25) is 0 Å². The molecule has 0 amide bonds. The second-order valence-electron chi connectivity index (χ2n) is 5.02. The summed E-state index contributed by atoms with van der Waals surface area (Å²) in [5, 5.41) is 9.67. The van der Waals surface area contributed by atoms with E-state index in [2.05, 4.69) is 18.9 Å². The third-order valence-corrected chi connectivity index (χ3v) is 4.01. The lowest BCUT2D eigenvalue weighted by atomic mass is 9.84. The Morgan fingerprint density at radius 2 is 1.80 bits per heavy atom. The molecular formula is C13H27NO. The molecule has 1 fully saturated rings. The molecule has 0 aliphatic heterocycles. The molecule has 90 valence electrons. The first-order valence-corrected chi connectivity index (χ1v) is 6.56. The predicted molar refractivity (Wildman–Crippen MR) is 64.7 cm³/mol. The minimum absolute atomic E-state index is 0.302. The SMILES string of the molecule is CCC1CCCCCCC1N(C)C(C)O. The minimum atomic E-state index is -0.302. The number of aliphatic hydroxyl groups excluding tert-OH is 1. The second-order valence-corrected chi connectivity index (χ2v) is 5.02. The van der Waals surface area contributed by atoms with E-state index in [1.165, 1.54) is 44.9 Å². The van der Waals surface area contributed by atoms with Crippen molar-refractivity contribution in [2.75, 3.05) is 7.05 Å². The van der Waals surface area contributed by atoms with Crippen LogP contribution in [0.25, 0.3) is 0 Å². The zero-order valence-electron chi connectivity index (χ0n) is 10.6. The lowest BCUT2D eigenvalue weighted by molar-refractivity contribution is -0.0169. The molecule has 1 aliphatic rings. The summed E-state index contributed by atoms with van der Waals surface area (Å²) in [6, 6.07) is 0.593. The molecule has 0 saturated heterocycles. The van der Waals surface area contributed by atoms with Crippen molar-refractivity contribution in [1.29, 1.82) is 0 Å². The number of rotatable bonds is 3. The van der Waals surface area contributed by atoms with Gasteiger partial charge in [-0.3, -0.25) is 4.90 Å². The lowest BCUT2D eigenvalue weighted by Crippen LogP contribution is -2.43. The number of hydrogen-bond acceptors (Lipinski definition) is 2. The zero-order chi connectivity index (χ0) is 11.3. The summed E-state index contributed by atoms with van der Waals surface area (Å²) in [5.41, 5.74) is 0. The van der Waals surface area contributed by atoms with Crippen LogP contribution in [0.3, 0.4) is 0 Å². The van der Waals surface area contributed by atoms with Gasteiger partial charge in [0.15, 0.2) is 0 Å². The molecule has 0 aromatic heterocycles. The van der Waals surface area contributed by atoms with Gasteiger partial charge in [-0.05, 0) is 32.7 Å². The van der Waals surface area contributed by atoms with Gasteiger partial charge in [-0.25, -0.2) is 0 Å². The van der Waals surface area contributed by atoms with E-state index in [9.17, 15) is 5.11 Å². The summed E-state index contributed by atoms with van der Waals surface area (Å²) in [4.78, 5) is 2.17. The van der Waals surface area contributed by atoms with Crippen LogP contribution in [-0.4, -0.2) is 29.3 Å². The average molecular weight is 213 g/mol. The largest absolute Gasteiger partial charge is 0.379 e. The van der Waals surface area contributed by atoms with Crippen LogP contribution in [0.15, 0.2) is 0 Å². The third kappa shape index (κ3) is 3.76. The summed E-state index contributed by atoms with van der Waals surface area (Å²) >= 11 is 0. The fraction of sp³-hybridized carbons (Fsp3) is 1.00.